The molecule has 4 bridgehead atoms. The number of rotatable bonds is 2. The van der Waals surface area contributed by atoms with Crippen LogP contribution in [0.4, 0.5) is 8.78 Å². The number of hydrogen-bond acceptors (Lipinski definition) is 4. The summed E-state index contributed by atoms with van der Waals surface area (Å²) in [5.74, 6) is -1.69. The maximum absolute atomic E-state index is 15.8. The number of imide groups is 1. The number of aromatic nitrogens is 2. The largest absolute Gasteiger partial charge is 0.372 e. The number of halogens is 2. The SMILES string of the molecule is CN(C)C[C@H]1OCCn2cc(c3ccccc32)C2=C(C(=O)NC2=O)c2cn(c3cccc(F)c23)C[C@H]1F. The van der Waals surface area contributed by atoms with Crippen LogP contribution < -0.4 is 5.32 Å². The number of alkyl halides is 1. The number of hydrogen-bond donors (Lipinski definition) is 1. The molecule has 2 amide bonds. The van der Waals surface area contributed by atoms with Gasteiger partial charge in [-0.1, -0.05) is 24.3 Å². The van der Waals surface area contributed by atoms with E-state index in [1.165, 1.54) is 6.07 Å². The molecule has 2 aromatic carbocycles. The average molecular weight is 505 g/mol. The number of benzene rings is 2. The Bertz CT molecular complexity index is 1600. The van der Waals surface area contributed by atoms with Gasteiger partial charge in [0.15, 0.2) is 0 Å². The van der Waals surface area contributed by atoms with Crippen LogP contribution in [-0.4, -0.2) is 65.4 Å². The summed E-state index contributed by atoms with van der Waals surface area (Å²) in [5.41, 5.74) is 2.41. The van der Waals surface area contributed by atoms with E-state index in [1.54, 1.807) is 22.9 Å². The van der Waals surface area contributed by atoms with Crippen LogP contribution in [0.2, 0.25) is 0 Å². The summed E-state index contributed by atoms with van der Waals surface area (Å²) >= 11 is 0. The lowest BCUT2D eigenvalue weighted by Crippen LogP contribution is -2.38. The lowest BCUT2D eigenvalue weighted by molar-refractivity contribution is -0.122. The molecule has 0 spiro atoms. The normalized spacial score (nSPS) is 20.6. The van der Waals surface area contributed by atoms with Crippen molar-refractivity contribution in [1.29, 1.82) is 0 Å². The number of amides is 2. The maximum atomic E-state index is 15.8. The summed E-state index contributed by atoms with van der Waals surface area (Å²) in [5, 5.41) is 3.36. The van der Waals surface area contributed by atoms with Gasteiger partial charge >= 0.3 is 0 Å². The Morgan fingerprint density at radius 2 is 1.68 bits per heavy atom. The summed E-state index contributed by atoms with van der Waals surface area (Å²) < 4.78 is 40.7. The van der Waals surface area contributed by atoms with E-state index in [0.29, 0.717) is 24.2 Å². The fraction of sp³-hybridized carbons (Fsp3) is 0.286. The number of fused-ring (bicyclic) bond motifs is 12. The average Bonchev–Trinajstić information content (AvgIpc) is 3.49. The van der Waals surface area contributed by atoms with Crippen molar-refractivity contribution in [3.05, 3.63) is 71.8 Å². The van der Waals surface area contributed by atoms with Crippen LogP contribution in [-0.2, 0) is 27.4 Å². The van der Waals surface area contributed by atoms with Gasteiger partial charge < -0.3 is 18.8 Å². The minimum absolute atomic E-state index is 0.0929. The van der Waals surface area contributed by atoms with Gasteiger partial charge in [0, 0.05) is 52.9 Å². The first-order valence-electron chi connectivity index (χ1n) is 12.2. The van der Waals surface area contributed by atoms with Crippen LogP contribution in [0.3, 0.4) is 0 Å². The van der Waals surface area contributed by atoms with Gasteiger partial charge in [0.1, 0.15) is 18.1 Å². The van der Waals surface area contributed by atoms with Gasteiger partial charge in [0.2, 0.25) is 0 Å². The lowest BCUT2D eigenvalue weighted by atomic mass is 9.95. The van der Waals surface area contributed by atoms with Gasteiger partial charge in [-0.3, -0.25) is 14.9 Å². The molecular weight excluding hydrogens is 478 g/mol. The van der Waals surface area contributed by atoms with Gasteiger partial charge in [0.05, 0.1) is 29.8 Å². The number of carbonyl (C=O) groups excluding carboxylic acids is 2. The zero-order chi connectivity index (χ0) is 25.8. The van der Waals surface area contributed by atoms with E-state index in [1.807, 2.05) is 54.0 Å². The Balaban J connectivity index is 1.66. The van der Waals surface area contributed by atoms with Gasteiger partial charge in [0.25, 0.3) is 11.8 Å². The van der Waals surface area contributed by atoms with Crippen molar-refractivity contribution in [2.24, 2.45) is 0 Å². The molecule has 2 atom stereocenters. The zero-order valence-electron chi connectivity index (χ0n) is 20.5. The summed E-state index contributed by atoms with van der Waals surface area (Å²) in [6, 6.07) is 12.1. The van der Waals surface area contributed by atoms with Gasteiger partial charge in [-0.2, -0.15) is 0 Å². The monoisotopic (exact) mass is 504 g/mol. The standard InChI is InChI=1S/C28H26F2N4O3/c1-32(2)15-23-20(30)14-34-13-18(24-19(29)7-5-9-22(24)34)26-25(27(35)31-28(26)36)17-12-33(10-11-37-23)21-8-4-3-6-16(17)21/h3-9,12-13,20,23H,10-11,14-15H2,1-2H3,(H,31,35,36)/t20-,23-/m1/s1. The van der Waals surface area contributed by atoms with E-state index in [9.17, 15) is 9.59 Å². The molecule has 2 aromatic heterocycles. The molecule has 7 nitrogen and oxygen atoms in total. The van der Waals surface area contributed by atoms with E-state index in [-0.39, 0.29) is 35.2 Å². The van der Waals surface area contributed by atoms with E-state index in [4.69, 9.17) is 4.74 Å². The van der Waals surface area contributed by atoms with Crippen molar-refractivity contribution in [1.82, 2.24) is 19.4 Å². The molecule has 0 radical (unpaired) electrons. The smallest absolute Gasteiger partial charge is 0.259 e. The number of likely N-dealkylation sites (N-methyl/N-ethyl adjacent to an activating group) is 1. The van der Waals surface area contributed by atoms with Gasteiger partial charge in [-0.05, 0) is 32.3 Å². The van der Waals surface area contributed by atoms with Crippen molar-refractivity contribution in [2.45, 2.75) is 25.4 Å². The molecule has 190 valence electrons. The van der Waals surface area contributed by atoms with Crippen LogP contribution in [0.5, 0.6) is 0 Å². The van der Waals surface area contributed by atoms with Crippen LogP contribution in [0.25, 0.3) is 33.0 Å². The van der Waals surface area contributed by atoms with E-state index < -0.39 is 29.9 Å². The maximum Gasteiger partial charge on any atom is 0.259 e. The molecular formula is C28H26F2N4O3. The highest BCUT2D eigenvalue weighted by Crippen LogP contribution is 2.40. The van der Waals surface area contributed by atoms with Crippen molar-refractivity contribution in [2.75, 3.05) is 27.2 Å². The molecule has 6 rings (SSSR count). The van der Waals surface area contributed by atoms with E-state index in [0.717, 1.165) is 10.9 Å². The highest BCUT2D eigenvalue weighted by atomic mass is 19.1. The third kappa shape index (κ3) is 3.86. The number of para-hydroxylation sites is 1. The predicted octanol–water partition coefficient (Wildman–Crippen LogP) is 3.60. The van der Waals surface area contributed by atoms with Gasteiger partial charge in [-0.15, -0.1) is 0 Å². The van der Waals surface area contributed by atoms with E-state index >= 15 is 8.78 Å². The van der Waals surface area contributed by atoms with Crippen LogP contribution >= 0.6 is 0 Å². The predicted molar refractivity (Wildman–Crippen MR) is 137 cm³/mol. The minimum atomic E-state index is -1.40. The van der Waals surface area contributed by atoms with Gasteiger partial charge in [-0.25, -0.2) is 8.78 Å². The lowest BCUT2D eigenvalue weighted by Gasteiger charge is -2.25. The first-order valence-corrected chi connectivity index (χ1v) is 12.2. The number of nitrogens with one attached hydrogen (secondary N) is 1. The highest BCUT2D eigenvalue weighted by molar-refractivity contribution is 6.50. The Morgan fingerprint density at radius 1 is 0.973 bits per heavy atom. The first kappa shape index (κ1) is 23.6. The Hall–Kier alpha value is -3.82. The van der Waals surface area contributed by atoms with Crippen LogP contribution in [0.15, 0.2) is 54.9 Å². The number of ether oxygens (including phenoxy) is 1. The third-order valence-electron chi connectivity index (χ3n) is 7.10. The van der Waals surface area contributed by atoms with Crippen molar-refractivity contribution in [3.63, 3.8) is 0 Å². The second kappa shape index (κ2) is 8.93. The highest BCUT2D eigenvalue weighted by Gasteiger charge is 2.36. The molecule has 0 fully saturated rings. The molecule has 9 heteroatoms. The second-order valence-corrected chi connectivity index (χ2v) is 9.80. The van der Waals surface area contributed by atoms with Crippen LogP contribution in [0, 0.1) is 5.82 Å². The molecule has 2 aliphatic heterocycles. The third-order valence-corrected chi connectivity index (χ3v) is 7.10. The summed E-state index contributed by atoms with van der Waals surface area (Å²) in [6.07, 6.45) is 1.27. The van der Waals surface area contributed by atoms with Crippen LogP contribution in [0.1, 0.15) is 11.1 Å². The molecule has 1 N–H and O–H groups in total. The molecule has 0 unspecified atom stereocenters. The fourth-order valence-electron chi connectivity index (χ4n) is 5.49. The quantitative estimate of drug-likeness (QED) is 0.424. The Morgan fingerprint density at radius 3 is 2.46 bits per heavy atom. The molecule has 0 aliphatic carbocycles. The van der Waals surface area contributed by atoms with E-state index in [2.05, 4.69) is 5.32 Å². The molecule has 0 saturated carbocycles. The zero-order valence-corrected chi connectivity index (χ0v) is 20.5. The summed E-state index contributed by atoms with van der Waals surface area (Å²) in [4.78, 5) is 28.2. The number of nitrogens with zero attached hydrogens (tertiary/aromatic N) is 3. The minimum Gasteiger partial charge on any atom is -0.372 e. The molecule has 2 aliphatic rings. The Kier molecular flexibility index (Phi) is 5.69. The topological polar surface area (TPSA) is 68.5 Å². The fourth-order valence-corrected chi connectivity index (χ4v) is 5.49. The summed E-state index contributed by atoms with van der Waals surface area (Å²) in [7, 11) is 3.71. The molecule has 37 heavy (non-hydrogen) atoms. The second-order valence-electron chi connectivity index (χ2n) is 9.80. The van der Waals surface area contributed by atoms with Crippen molar-refractivity contribution >= 4 is 44.8 Å². The first-order chi connectivity index (χ1) is 17.8. The van der Waals surface area contributed by atoms with Crippen molar-refractivity contribution < 1.29 is 23.1 Å². The molecule has 4 heterocycles. The summed E-state index contributed by atoms with van der Waals surface area (Å²) in [6.45, 7) is 0.950. The Labute approximate surface area is 211 Å². The number of carbonyl (C=O) groups is 2. The molecule has 4 aromatic rings. The van der Waals surface area contributed by atoms with Crippen molar-refractivity contribution in [3.8, 4) is 0 Å². The molecule has 0 saturated heterocycles.